The van der Waals surface area contributed by atoms with Gasteiger partial charge in [-0.25, -0.2) is 0 Å². The van der Waals surface area contributed by atoms with Crippen molar-refractivity contribution in [2.75, 3.05) is 25.4 Å². The number of anilines is 2. The summed E-state index contributed by atoms with van der Waals surface area (Å²) in [6.07, 6.45) is 0. The molecular weight excluding hydrogens is 304 g/mol. The van der Waals surface area contributed by atoms with E-state index in [2.05, 4.69) is 0 Å². The number of ketones is 1. The monoisotopic (exact) mass is 332 g/mol. The lowest BCUT2D eigenvalue weighted by atomic mass is 10.1. The van der Waals surface area contributed by atoms with Crippen molar-refractivity contribution in [1.29, 1.82) is 0 Å². The Morgan fingerprint density at radius 3 is 2.70 bits per heavy atom. The van der Waals surface area contributed by atoms with Crippen LogP contribution in [-0.4, -0.2) is 37.2 Å². The number of hydrogen-bond acceptors (Lipinski definition) is 4. The molecule has 23 heavy (non-hydrogen) atoms. The maximum atomic E-state index is 11.9. The van der Waals surface area contributed by atoms with Crippen molar-refractivity contribution >= 4 is 28.9 Å². The predicted molar refractivity (Wildman–Crippen MR) is 97.2 cm³/mol. The number of para-hydroxylation sites is 1. The number of carbonyl (C=O) groups excluding carboxylic acids is 1. The van der Waals surface area contributed by atoms with Crippen molar-refractivity contribution in [2.45, 2.75) is 29.7 Å². The molecule has 4 heteroatoms. The fourth-order valence-electron chi connectivity index (χ4n) is 2.59. The van der Waals surface area contributed by atoms with Gasteiger partial charge in [0.05, 0.1) is 11.4 Å². The van der Waals surface area contributed by atoms with E-state index in [1.54, 1.807) is 30.8 Å². The summed E-state index contributed by atoms with van der Waals surface area (Å²) >= 11 is 1.56. The minimum absolute atomic E-state index is 0.0729. The number of fused-ring (bicyclic) bond motifs is 2. The molecule has 0 aliphatic carbocycles. The molecule has 3 nitrogen and oxygen atoms in total. The van der Waals surface area contributed by atoms with Crippen LogP contribution in [0.5, 0.6) is 0 Å². The Balaban J connectivity index is 2.06. The molecule has 0 saturated carbocycles. The van der Waals surface area contributed by atoms with Gasteiger partial charge in [-0.05, 0) is 52.1 Å². The predicted octanol–water partition coefficient (Wildman–Crippen LogP) is 4.44. The summed E-state index contributed by atoms with van der Waals surface area (Å²) in [5.74, 6) is -0.0729. The molecule has 0 amide bonds. The molecule has 1 aliphatic heterocycles. The molecule has 2 aromatic rings. The second-order valence-electron chi connectivity index (χ2n) is 5.64. The molecule has 1 heterocycles. The highest BCUT2D eigenvalue weighted by molar-refractivity contribution is 7.99. The van der Waals surface area contributed by atoms with Gasteiger partial charge in [0.25, 0.3) is 0 Å². The van der Waals surface area contributed by atoms with Crippen LogP contribution in [0.15, 0.2) is 52.3 Å². The van der Waals surface area contributed by atoms with Crippen LogP contribution in [-0.2, 0) is 0 Å². The van der Waals surface area contributed by atoms with E-state index in [9.17, 15) is 4.79 Å². The maximum Gasteiger partial charge on any atom is 0.159 e. The van der Waals surface area contributed by atoms with Gasteiger partial charge in [0.1, 0.15) is 0 Å². The van der Waals surface area contributed by atoms with Gasteiger partial charge in [0.15, 0.2) is 5.78 Å². The fourth-order valence-corrected chi connectivity index (χ4v) is 3.67. The number of hydrogen-bond donors (Lipinski definition) is 0. The molecule has 0 bridgehead atoms. The number of rotatable bonds is 4. The van der Waals surface area contributed by atoms with Crippen LogP contribution in [0.25, 0.3) is 0 Å². The first-order valence-corrected chi connectivity index (χ1v) is 8.20. The summed E-state index contributed by atoms with van der Waals surface area (Å²) in [6.45, 7) is -2.30. The molecule has 1 aliphatic rings. The van der Waals surface area contributed by atoms with Crippen molar-refractivity contribution in [3.63, 3.8) is 0 Å². The standard InChI is InChI=1S/C19H22N2OS/c1-13(20(3)4)12-21-16-7-5-6-8-18(16)23-19-10-9-15(14(2)22)11-17(19)21/h5-11,13H,12H2,1-4H3/i3D3,4D3. The SMILES string of the molecule is [2H]C([2H])([2H])N(C(C)CN1c2ccccc2Sc2ccc(C(C)=O)cc21)C([2H])([2H])[2H]. The minimum Gasteiger partial charge on any atom is -0.338 e. The van der Waals surface area contributed by atoms with Crippen LogP contribution in [0.4, 0.5) is 11.4 Å². The summed E-state index contributed by atoms with van der Waals surface area (Å²) in [5, 5.41) is 0. The van der Waals surface area contributed by atoms with Crippen LogP contribution in [0.2, 0.25) is 0 Å². The molecule has 0 spiro atoms. The van der Waals surface area contributed by atoms with Crippen LogP contribution < -0.4 is 4.90 Å². The largest absolute Gasteiger partial charge is 0.338 e. The second kappa shape index (κ2) is 6.38. The lowest BCUT2D eigenvalue weighted by Gasteiger charge is -2.36. The van der Waals surface area contributed by atoms with Gasteiger partial charge < -0.3 is 9.80 Å². The molecular formula is C19H22N2OS. The first kappa shape index (κ1) is 10.2. The lowest BCUT2D eigenvalue weighted by Crippen LogP contribution is -2.37. The average Bonchev–Trinajstić information content (AvgIpc) is 2.58. The Hall–Kier alpha value is -1.78. The number of Topliss-reactive ketones (excluding diaryl/α,β-unsaturated/α-hetero) is 1. The molecule has 0 fully saturated rings. The highest BCUT2D eigenvalue weighted by Crippen LogP contribution is 2.48. The highest BCUT2D eigenvalue weighted by Gasteiger charge is 2.25. The summed E-state index contributed by atoms with van der Waals surface area (Å²) < 4.78 is 46.2. The third-order valence-corrected chi connectivity index (χ3v) is 5.05. The zero-order valence-electron chi connectivity index (χ0n) is 19.0. The van der Waals surface area contributed by atoms with Gasteiger partial charge >= 0.3 is 0 Å². The number of nitrogens with zero attached hydrogens (tertiary/aromatic N) is 2. The van der Waals surface area contributed by atoms with E-state index in [1.807, 2.05) is 35.2 Å². The summed E-state index contributed by atoms with van der Waals surface area (Å²) in [5.41, 5.74) is 2.17. The second-order valence-corrected chi connectivity index (χ2v) is 6.72. The third-order valence-electron chi connectivity index (χ3n) is 3.92. The third kappa shape index (κ3) is 3.14. The van der Waals surface area contributed by atoms with Gasteiger partial charge in [-0.15, -0.1) is 0 Å². The van der Waals surface area contributed by atoms with E-state index in [-0.39, 0.29) is 12.3 Å². The molecule has 0 radical (unpaired) electrons. The Labute approximate surface area is 150 Å². The van der Waals surface area contributed by atoms with Gasteiger partial charge in [-0.3, -0.25) is 4.79 Å². The molecule has 0 saturated heterocycles. The number of benzene rings is 2. The van der Waals surface area contributed by atoms with E-state index in [4.69, 9.17) is 8.22 Å². The smallest absolute Gasteiger partial charge is 0.159 e. The molecule has 0 N–H and O–H groups in total. The lowest BCUT2D eigenvalue weighted by molar-refractivity contribution is 0.101. The van der Waals surface area contributed by atoms with Gasteiger partial charge in [0.2, 0.25) is 0 Å². The van der Waals surface area contributed by atoms with E-state index in [0.29, 0.717) is 10.5 Å². The zero-order valence-corrected chi connectivity index (χ0v) is 13.9. The van der Waals surface area contributed by atoms with E-state index in [0.717, 1.165) is 21.2 Å². The van der Waals surface area contributed by atoms with E-state index >= 15 is 0 Å². The summed E-state index contributed by atoms with van der Waals surface area (Å²) in [6, 6.07) is 12.3. The first-order valence-electron chi connectivity index (χ1n) is 10.4. The van der Waals surface area contributed by atoms with Crippen LogP contribution in [0.3, 0.4) is 0 Å². The van der Waals surface area contributed by atoms with Gasteiger partial charge in [-0.2, -0.15) is 0 Å². The summed E-state index contributed by atoms with van der Waals surface area (Å²) in [4.78, 5) is 16.3. The molecule has 0 aromatic heterocycles. The molecule has 2 aromatic carbocycles. The van der Waals surface area contributed by atoms with Gasteiger partial charge in [0, 0.05) is 36.2 Å². The van der Waals surface area contributed by atoms with Crippen molar-refractivity contribution in [3.8, 4) is 0 Å². The van der Waals surface area contributed by atoms with Gasteiger partial charge in [-0.1, -0.05) is 30.0 Å². The quantitative estimate of drug-likeness (QED) is 0.772. The van der Waals surface area contributed by atoms with Crippen LogP contribution in [0.1, 0.15) is 32.4 Å². The van der Waals surface area contributed by atoms with Crippen molar-refractivity contribution in [3.05, 3.63) is 48.0 Å². The van der Waals surface area contributed by atoms with Crippen molar-refractivity contribution in [2.24, 2.45) is 0 Å². The minimum atomic E-state index is -2.77. The first-order chi connectivity index (χ1) is 13.4. The Morgan fingerprint density at radius 1 is 1.22 bits per heavy atom. The fraction of sp³-hybridized carbons (Fsp3) is 0.316. The average molecular weight is 333 g/mol. The highest BCUT2D eigenvalue weighted by atomic mass is 32.2. The number of likely N-dealkylation sites (N-methyl/N-ethyl adjacent to an activating group) is 1. The maximum absolute atomic E-state index is 11.9. The Bertz CT molecular complexity index is 914. The Morgan fingerprint density at radius 2 is 1.96 bits per heavy atom. The number of carbonyl (C=O) groups is 1. The normalized spacial score (nSPS) is 19.3. The van der Waals surface area contributed by atoms with Crippen molar-refractivity contribution in [1.82, 2.24) is 4.90 Å². The van der Waals surface area contributed by atoms with Crippen LogP contribution >= 0.6 is 11.8 Å². The molecule has 120 valence electrons. The topological polar surface area (TPSA) is 23.6 Å². The van der Waals surface area contributed by atoms with E-state index in [1.165, 1.54) is 6.92 Å². The van der Waals surface area contributed by atoms with E-state index < -0.39 is 20.0 Å². The zero-order chi connectivity index (χ0) is 21.6. The molecule has 1 atom stereocenters. The molecule has 3 rings (SSSR count). The van der Waals surface area contributed by atoms with Crippen LogP contribution in [0, 0.1) is 0 Å². The summed E-state index contributed by atoms with van der Waals surface area (Å²) in [7, 11) is 0. The Kier molecular flexibility index (Phi) is 2.82. The molecule has 1 unspecified atom stereocenters. The van der Waals surface area contributed by atoms with Crippen molar-refractivity contribution < 1.29 is 13.0 Å².